The molecule has 1 heterocycles. The fraction of sp³-hybridized carbons (Fsp3) is 0.154. The standard InChI is InChI=1S/C26H22N2O2/c29-25-23-21(18-10-4-1-5-11-18)16-17-22(19-12-6-2-7-13-19)24(23)26(30)28(25)27-20-14-8-3-9-15-20/h1-17,21-24,27H/t21-,22-,23+,24+/m1/s1. The Morgan fingerprint density at radius 3 is 1.40 bits per heavy atom. The van der Waals surface area contributed by atoms with Crippen LogP contribution in [0.2, 0.25) is 0 Å². The molecule has 3 aromatic rings. The lowest BCUT2D eigenvalue weighted by atomic mass is 9.68. The van der Waals surface area contributed by atoms with E-state index >= 15 is 0 Å². The average Bonchev–Trinajstić information content (AvgIpc) is 3.06. The molecule has 148 valence electrons. The van der Waals surface area contributed by atoms with Gasteiger partial charge in [-0.1, -0.05) is 91.0 Å². The van der Waals surface area contributed by atoms with E-state index in [-0.39, 0.29) is 23.7 Å². The lowest BCUT2D eigenvalue weighted by molar-refractivity contribution is -0.138. The first-order valence-electron chi connectivity index (χ1n) is 10.2. The van der Waals surface area contributed by atoms with E-state index in [1.54, 1.807) is 0 Å². The van der Waals surface area contributed by atoms with E-state index in [0.29, 0.717) is 0 Å². The van der Waals surface area contributed by atoms with Crippen molar-refractivity contribution in [1.82, 2.24) is 5.01 Å². The molecule has 4 heteroatoms. The molecule has 3 aromatic carbocycles. The number of fused-ring (bicyclic) bond motifs is 1. The number of nitrogens with zero attached hydrogens (tertiary/aromatic N) is 1. The summed E-state index contributed by atoms with van der Waals surface area (Å²) in [6, 6.07) is 29.3. The number of amides is 2. The van der Waals surface area contributed by atoms with Crippen LogP contribution >= 0.6 is 0 Å². The second-order valence-corrected chi connectivity index (χ2v) is 7.80. The van der Waals surface area contributed by atoms with Crippen molar-refractivity contribution in [3.8, 4) is 0 Å². The molecule has 1 saturated heterocycles. The Kier molecular flexibility index (Phi) is 4.68. The molecule has 5 rings (SSSR count). The zero-order valence-corrected chi connectivity index (χ0v) is 16.4. The summed E-state index contributed by atoms with van der Waals surface area (Å²) in [5.41, 5.74) is 5.88. The van der Waals surface area contributed by atoms with Crippen molar-refractivity contribution < 1.29 is 9.59 Å². The van der Waals surface area contributed by atoms with E-state index < -0.39 is 11.8 Å². The smallest absolute Gasteiger partial charge is 0.253 e. The first-order chi connectivity index (χ1) is 14.7. The molecule has 0 bridgehead atoms. The number of rotatable bonds is 4. The number of carbonyl (C=O) groups is 2. The van der Waals surface area contributed by atoms with E-state index in [4.69, 9.17) is 0 Å². The number of hydrogen-bond acceptors (Lipinski definition) is 3. The quantitative estimate of drug-likeness (QED) is 0.513. The topological polar surface area (TPSA) is 49.4 Å². The summed E-state index contributed by atoms with van der Waals surface area (Å²) in [6.07, 6.45) is 4.21. The normalized spacial score (nSPS) is 25.3. The molecule has 0 saturated carbocycles. The third-order valence-corrected chi connectivity index (χ3v) is 6.08. The second-order valence-electron chi connectivity index (χ2n) is 7.80. The fourth-order valence-corrected chi connectivity index (χ4v) is 4.69. The third kappa shape index (κ3) is 3.11. The minimum absolute atomic E-state index is 0.129. The van der Waals surface area contributed by atoms with Gasteiger partial charge in [0.1, 0.15) is 0 Å². The van der Waals surface area contributed by atoms with Crippen LogP contribution in [0.5, 0.6) is 0 Å². The Morgan fingerprint density at radius 2 is 0.967 bits per heavy atom. The largest absolute Gasteiger partial charge is 0.289 e. The summed E-state index contributed by atoms with van der Waals surface area (Å²) >= 11 is 0. The Morgan fingerprint density at radius 1 is 0.567 bits per heavy atom. The molecule has 0 aromatic heterocycles. The van der Waals surface area contributed by atoms with Gasteiger partial charge in [0, 0.05) is 11.8 Å². The van der Waals surface area contributed by atoms with E-state index in [9.17, 15) is 9.59 Å². The predicted molar refractivity (Wildman–Crippen MR) is 116 cm³/mol. The molecule has 0 spiro atoms. The molecular formula is C26H22N2O2. The minimum Gasteiger partial charge on any atom is -0.289 e. The number of allylic oxidation sites excluding steroid dienone is 2. The monoisotopic (exact) mass is 394 g/mol. The van der Waals surface area contributed by atoms with Gasteiger partial charge in [0.05, 0.1) is 17.5 Å². The molecule has 1 aliphatic heterocycles. The highest BCUT2D eigenvalue weighted by atomic mass is 16.2. The van der Waals surface area contributed by atoms with E-state index in [1.165, 1.54) is 5.01 Å². The summed E-state index contributed by atoms with van der Waals surface area (Å²) in [4.78, 5) is 27.0. The number of anilines is 1. The molecule has 2 aliphatic rings. The van der Waals surface area contributed by atoms with Crippen molar-refractivity contribution in [2.75, 3.05) is 5.43 Å². The highest BCUT2D eigenvalue weighted by Gasteiger charge is 2.55. The molecule has 0 radical (unpaired) electrons. The lowest BCUT2D eigenvalue weighted by Crippen LogP contribution is -2.37. The molecule has 0 unspecified atom stereocenters. The molecule has 1 aliphatic carbocycles. The number of imide groups is 1. The van der Waals surface area contributed by atoms with E-state index in [1.807, 2.05) is 91.0 Å². The minimum atomic E-state index is -0.439. The maximum atomic E-state index is 13.5. The summed E-state index contributed by atoms with van der Waals surface area (Å²) in [5, 5.41) is 1.23. The number of hydrogen-bond donors (Lipinski definition) is 1. The Bertz CT molecular complexity index is 1010. The van der Waals surface area contributed by atoms with Gasteiger partial charge in [-0.15, -0.1) is 0 Å². The van der Waals surface area contributed by atoms with Crippen LogP contribution in [0.1, 0.15) is 23.0 Å². The molecule has 1 N–H and O–H groups in total. The van der Waals surface area contributed by atoms with Gasteiger partial charge in [-0.25, -0.2) is 0 Å². The number of para-hydroxylation sites is 1. The van der Waals surface area contributed by atoms with Crippen molar-refractivity contribution in [1.29, 1.82) is 0 Å². The summed E-state index contributed by atoms with van der Waals surface area (Å²) < 4.78 is 0. The summed E-state index contributed by atoms with van der Waals surface area (Å²) in [6.45, 7) is 0. The zero-order valence-electron chi connectivity index (χ0n) is 16.4. The summed E-state index contributed by atoms with van der Waals surface area (Å²) in [7, 11) is 0. The van der Waals surface area contributed by atoms with Gasteiger partial charge in [-0.3, -0.25) is 15.0 Å². The number of hydrazine groups is 1. The second kappa shape index (κ2) is 7.64. The van der Waals surface area contributed by atoms with Crippen molar-refractivity contribution in [2.24, 2.45) is 11.8 Å². The van der Waals surface area contributed by atoms with Crippen LogP contribution in [-0.4, -0.2) is 16.8 Å². The maximum Gasteiger partial charge on any atom is 0.253 e. The third-order valence-electron chi connectivity index (χ3n) is 6.08. The Labute approximate surface area is 175 Å². The zero-order chi connectivity index (χ0) is 20.5. The highest BCUT2D eigenvalue weighted by molar-refractivity contribution is 6.07. The number of nitrogens with one attached hydrogen (secondary N) is 1. The first kappa shape index (κ1) is 18.4. The first-order valence-corrected chi connectivity index (χ1v) is 10.2. The van der Waals surface area contributed by atoms with Crippen molar-refractivity contribution in [3.05, 3.63) is 114 Å². The Balaban J connectivity index is 1.57. The van der Waals surface area contributed by atoms with Crippen LogP contribution in [0.4, 0.5) is 5.69 Å². The van der Waals surface area contributed by atoms with Crippen LogP contribution in [0.3, 0.4) is 0 Å². The van der Waals surface area contributed by atoms with Gasteiger partial charge in [0.2, 0.25) is 0 Å². The van der Waals surface area contributed by atoms with Crippen molar-refractivity contribution >= 4 is 17.5 Å². The lowest BCUT2D eigenvalue weighted by Gasteiger charge is -2.32. The highest BCUT2D eigenvalue weighted by Crippen LogP contribution is 2.49. The van der Waals surface area contributed by atoms with Gasteiger partial charge in [0.15, 0.2) is 0 Å². The van der Waals surface area contributed by atoms with Gasteiger partial charge in [0.25, 0.3) is 11.8 Å². The van der Waals surface area contributed by atoms with Crippen molar-refractivity contribution in [2.45, 2.75) is 11.8 Å². The number of carbonyl (C=O) groups excluding carboxylic acids is 2. The molecule has 30 heavy (non-hydrogen) atoms. The van der Waals surface area contributed by atoms with Crippen LogP contribution in [0, 0.1) is 11.8 Å². The molecule has 4 nitrogen and oxygen atoms in total. The van der Waals surface area contributed by atoms with E-state index in [2.05, 4.69) is 17.6 Å². The average molecular weight is 394 g/mol. The van der Waals surface area contributed by atoms with Crippen LogP contribution in [0.25, 0.3) is 0 Å². The molecule has 4 atom stereocenters. The van der Waals surface area contributed by atoms with Gasteiger partial charge < -0.3 is 0 Å². The van der Waals surface area contributed by atoms with Crippen LogP contribution in [-0.2, 0) is 9.59 Å². The van der Waals surface area contributed by atoms with Crippen LogP contribution in [0.15, 0.2) is 103 Å². The van der Waals surface area contributed by atoms with Crippen molar-refractivity contribution in [3.63, 3.8) is 0 Å². The fourth-order valence-electron chi connectivity index (χ4n) is 4.69. The molecule has 2 amide bonds. The molecular weight excluding hydrogens is 372 g/mol. The van der Waals surface area contributed by atoms with Crippen LogP contribution < -0.4 is 5.43 Å². The van der Waals surface area contributed by atoms with E-state index in [0.717, 1.165) is 16.8 Å². The van der Waals surface area contributed by atoms with Gasteiger partial charge in [-0.2, -0.15) is 5.01 Å². The predicted octanol–water partition coefficient (Wildman–Crippen LogP) is 4.75. The Hall–Kier alpha value is -3.66. The van der Waals surface area contributed by atoms with Gasteiger partial charge in [-0.05, 0) is 23.3 Å². The SMILES string of the molecule is O=C1[C@@H]2[C@@H](C(=O)N1Nc1ccccc1)[C@@H](c1ccccc1)C=C[C@@H]2c1ccccc1. The van der Waals surface area contributed by atoms with Gasteiger partial charge >= 0.3 is 0 Å². The maximum absolute atomic E-state index is 13.5. The summed E-state index contributed by atoms with van der Waals surface area (Å²) in [5.74, 6) is -1.48. The number of benzene rings is 3. The molecule has 1 fully saturated rings.